The molecule has 0 radical (unpaired) electrons. The molecule has 116 valence electrons. The number of carbonyl (C=O) groups is 2. The fourth-order valence-electron chi connectivity index (χ4n) is 1.65. The molecular formula is C15H16N2O4S. The molecule has 1 aromatic carbocycles. The lowest BCUT2D eigenvalue weighted by molar-refractivity contribution is -0.143. The standard InChI is InChI=1S/C15H16N2O4S/c1-15(2,14(19)20)17-12(18)11-8-16-13(22-11)9-4-6-10(21-3)7-5-9/h4-8H,1-3H3,(H,17,18)(H,19,20). The molecule has 0 bridgehead atoms. The molecule has 0 fully saturated rings. The summed E-state index contributed by atoms with van der Waals surface area (Å²) in [6, 6.07) is 7.31. The molecule has 0 aliphatic rings. The summed E-state index contributed by atoms with van der Waals surface area (Å²) in [5, 5.41) is 12.2. The lowest BCUT2D eigenvalue weighted by Gasteiger charge is -2.20. The molecule has 1 amide bonds. The van der Waals surface area contributed by atoms with E-state index in [9.17, 15) is 9.59 Å². The third kappa shape index (κ3) is 3.43. The van der Waals surface area contributed by atoms with Crippen LogP contribution in [0.3, 0.4) is 0 Å². The van der Waals surface area contributed by atoms with Gasteiger partial charge in [-0.2, -0.15) is 0 Å². The highest BCUT2D eigenvalue weighted by molar-refractivity contribution is 7.16. The number of carboxylic acids is 1. The first-order chi connectivity index (χ1) is 10.3. The minimum atomic E-state index is -1.33. The number of hydrogen-bond acceptors (Lipinski definition) is 5. The molecule has 1 aromatic heterocycles. The van der Waals surface area contributed by atoms with Crippen molar-refractivity contribution in [1.29, 1.82) is 0 Å². The normalized spacial score (nSPS) is 11.0. The van der Waals surface area contributed by atoms with E-state index in [1.165, 1.54) is 31.4 Å². The van der Waals surface area contributed by atoms with Crippen LogP contribution in [0.15, 0.2) is 30.5 Å². The van der Waals surface area contributed by atoms with E-state index in [-0.39, 0.29) is 0 Å². The van der Waals surface area contributed by atoms with Crippen LogP contribution in [0.5, 0.6) is 5.75 Å². The van der Waals surface area contributed by atoms with Gasteiger partial charge in [-0.15, -0.1) is 11.3 Å². The largest absolute Gasteiger partial charge is 0.497 e. The Bertz CT molecular complexity index is 692. The van der Waals surface area contributed by atoms with Crippen molar-refractivity contribution < 1.29 is 19.4 Å². The Hall–Kier alpha value is -2.41. The number of benzene rings is 1. The number of aromatic nitrogens is 1. The van der Waals surface area contributed by atoms with Gasteiger partial charge < -0.3 is 15.2 Å². The molecule has 6 nitrogen and oxygen atoms in total. The Labute approximate surface area is 131 Å². The van der Waals surface area contributed by atoms with E-state index in [1.807, 2.05) is 24.3 Å². The number of carboxylic acid groups (broad SMARTS) is 1. The van der Waals surface area contributed by atoms with E-state index in [4.69, 9.17) is 9.84 Å². The van der Waals surface area contributed by atoms with Crippen molar-refractivity contribution in [3.63, 3.8) is 0 Å². The lowest BCUT2D eigenvalue weighted by Crippen LogP contribution is -2.49. The second-order valence-corrected chi connectivity index (χ2v) is 6.17. The molecule has 0 spiro atoms. The molecule has 0 saturated carbocycles. The summed E-state index contributed by atoms with van der Waals surface area (Å²) < 4.78 is 5.09. The number of methoxy groups -OCH3 is 1. The van der Waals surface area contributed by atoms with Crippen LogP contribution in [-0.4, -0.2) is 34.6 Å². The topological polar surface area (TPSA) is 88.5 Å². The van der Waals surface area contributed by atoms with Crippen LogP contribution in [0.2, 0.25) is 0 Å². The van der Waals surface area contributed by atoms with Gasteiger partial charge in [0, 0.05) is 5.56 Å². The number of nitrogens with one attached hydrogen (secondary N) is 1. The average molecular weight is 320 g/mol. The van der Waals surface area contributed by atoms with E-state index in [0.717, 1.165) is 11.3 Å². The molecule has 0 saturated heterocycles. The van der Waals surface area contributed by atoms with Crippen molar-refractivity contribution in [1.82, 2.24) is 10.3 Å². The molecule has 0 unspecified atom stereocenters. The number of thiazole rings is 1. The highest BCUT2D eigenvalue weighted by Gasteiger charge is 2.30. The van der Waals surface area contributed by atoms with Gasteiger partial charge in [0.05, 0.1) is 13.3 Å². The van der Waals surface area contributed by atoms with E-state index < -0.39 is 17.4 Å². The Morgan fingerprint density at radius 1 is 1.27 bits per heavy atom. The van der Waals surface area contributed by atoms with Crippen LogP contribution in [0.1, 0.15) is 23.5 Å². The molecule has 0 atom stereocenters. The van der Waals surface area contributed by atoms with Crippen molar-refractivity contribution in [3.8, 4) is 16.3 Å². The number of amides is 1. The zero-order chi connectivity index (χ0) is 16.3. The molecule has 2 rings (SSSR count). The monoisotopic (exact) mass is 320 g/mol. The highest BCUT2D eigenvalue weighted by Crippen LogP contribution is 2.27. The van der Waals surface area contributed by atoms with Gasteiger partial charge in [-0.05, 0) is 38.1 Å². The first-order valence-corrected chi connectivity index (χ1v) is 7.31. The number of ether oxygens (including phenoxy) is 1. The molecule has 22 heavy (non-hydrogen) atoms. The summed E-state index contributed by atoms with van der Waals surface area (Å²) >= 11 is 1.20. The molecule has 1 heterocycles. The lowest BCUT2D eigenvalue weighted by atomic mass is 10.1. The molecule has 0 aliphatic heterocycles. The summed E-state index contributed by atoms with van der Waals surface area (Å²) in [6.07, 6.45) is 1.44. The van der Waals surface area contributed by atoms with Crippen LogP contribution >= 0.6 is 11.3 Å². The Kier molecular flexibility index (Phi) is 4.46. The minimum Gasteiger partial charge on any atom is -0.497 e. The van der Waals surface area contributed by atoms with Crippen molar-refractivity contribution in [2.24, 2.45) is 0 Å². The van der Waals surface area contributed by atoms with Gasteiger partial charge in [0.1, 0.15) is 21.2 Å². The van der Waals surface area contributed by atoms with Crippen molar-refractivity contribution in [2.75, 3.05) is 7.11 Å². The zero-order valence-corrected chi connectivity index (χ0v) is 13.2. The summed E-state index contributed by atoms with van der Waals surface area (Å²) in [5.41, 5.74) is -0.469. The van der Waals surface area contributed by atoms with Crippen LogP contribution < -0.4 is 10.1 Å². The summed E-state index contributed by atoms with van der Waals surface area (Å²) in [4.78, 5) is 27.7. The van der Waals surface area contributed by atoms with Crippen molar-refractivity contribution in [2.45, 2.75) is 19.4 Å². The van der Waals surface area contributed by atoms with Gasteiger partial charge in [-0.3, -0.25) is 4.79 Å². The van der Waals surface area contributed by atoms with Gasteiger partial charge in [0.15, 0.2) is 0 Å². The summed E-state index contributed by atoms with van der Waals surface area (Å²) in [5.74, 6) is -0.813. The van der Waals surface area contributed by atoms with Gasteiger partial charge in [0.25, 0.3) is 5.91 Å². The van der Waals surface area contributed by atoms with E-state index in [0.29, 0.717) is 9.88 Å². The van der Waals surface area contributed by atoms with E-state index in [1.54, 1.807) is 7.11 Å². The SMILES string of the molecule is COc1ccc(-c2ncc(C(=O)NC(C)(C)C(=O)O)s2)cc1. The maximum atomic E-state index is 12.1. The van der Waals surface area contributed by atoms with E-state index in [2.05, 4.69) is 10.3 Å². The van der Waals surface area contributed by atoms with Gasteiger partial charge in [-0.25, -0.2) is 9.78 Å². The second kappa shape index (κ2) is 6.15. The van der Waals surface area contributed by atoms with Gasteiger partial charge >= 0.3 is 5.97 Å². The van der Waals surface area contributed by atoms with Crippen molar-refractivity contribution in [3.05, 3.63) is 35.3 Å². The third-order valence-corrected chi connectivity index (χ3v) is 4.07. The van der Waals surface area contributed by atoms with Gasteiger partial charge in [0.2, 0.25) is 0 Å². The Balaban J connectivity index is 2.17. The van der Waals surface area contributed by atoms with Crippen LogP contribution in [-0.2, 0) is 4.79 Å². The number of carbonyl (C=O) groups excluding carboxylic acids is 1. The molecule has 0 aliphatic carbocycles. The smallest absolute Gasteiger partial charge is 0.328 e. The number of hydrogen-bond donors (Lipinski definition) is 2. The first-order valence-electron chi connectivity index (χ1n) is 6.49. The predicted molar refractivity (Wildman–Crippen MR) is 83.3 cm³/mol. The summed E-state index contributed by atoms with van der Waals surface area (Å²) in [7, 11) is 1.59. The van der Waals surface area contributed by atoms with Crippen LogP contribution in [0.4, 0.5) is 0 Å². The Morgan fingerprint density at radius 3 is 2.45 bits per heavy atom. The zero-order valence-electron chi connectivity index (χ0n) is 12.4. The Morgan fingerprint density at radius 2 is 1.91 bits per heavy atom. The average Bonchev–Trinajstić information content (AvgIpc) is 2.96. The minimum absolute atomic E-state index is 0.361. The second-order valence-electron chi connectivity index (χ2n) is 5.14. The summed E-state index contributed by atoms with van der Waals surface area (Å²) in [6.45, 7) is 2.86. The highest BCUT2D eigenvalue weighted by atomic mass is 32.1. The number of nitrogens with zero attached hydrogens (tertiary/aromatic N) is 1. The molecular weight excluding hydrogens is 304 g/mol. The van der Waals surface area contributed by atoms with Crippen LogP contribution in [0.25, 0.3) is 10.6 Å². The maximum absolute atomic E-state index is 12.1. The molecule has 7 heteroatoms. The molecule has 2 N–H and O–H groups in total. The fourth-order valence-corrected chi connectivity index (χ4v) is 2.46. The third-order valence-electron chi connectivity index (χ3n) is 3.03. The van der Waals surface area contributed by atoms with Gasteiger partial charge in [-0.1, -0.05) is 0 Å². The van der Waals surface area contributed by atoms with Crippen molar-refractivity contribution >= 4 is 23.2 Å². The van der Waals surface area contributed by atoms with Crippen LogP contribution in [0, 0.1) is 0 Å². The van der Waals surface area contributed by atoms with E-state index >= 15 is 0 Å². The quantitative estimate of drug-likeness (QED) is 0.883. The predicted octanol–water partition coefficient (Wildman–Crippen LogP) is 2.41. The fraction of sp³-hybridized carbons (Fsp3) is 0.267. The molecule has 2 aromatic rings. The first kappa shape index (κ1) is 16.0. The number of rotatable bonds is 5. The maximum Gasteiger partial charge on any atom is 0.328 e. The number of aliphatic carboxylic acids is 1.